The molecule has 6 nitrogen and oxygen atoms in total. The average Bonchev–Trinajstić information content (AvgIpc) is 3.05. The highest BCUT2D eigenvalue weighted by Gasteiger charge is 2.14. The van der Waals surface area contributed by atoms with Crippen LogP contribution in [-0.2, 0) is 14.6 Å². The third-order valence-electron chi connectivity index (χ3n) is 4.03. The highest BCUT2D eigenvalue weighted by molar-refractivity contribution is 7.90. The van der Waals surface area contributed by atoms with E-state index in [1.54, 1.807) is 12.1 Å². The molecule has 2 N–H and O–H groups in total. The van der Waals surface area contributed by atoms with E-state index in [0.29, 0.717) is 31.4 Å². The second kappa shape index (κ2) is 9.03. The predicted octanol–water partition coefficient (Wildman–Crippen LogP) is 1.51. The molecule has 0 radical (unpaired) electrons. The Bertz CT molecular complexity index is 622. The van der Waals surface area contributed by atoms with Crippen molar-refractivity contribution in [3.05, 3.63) is 24.3 Å². The molecule has 1 saturated heterocycles. The summed E-state index contributed by atoms with van der Waals surface area (Å²) in [6.07, 6.45) is 5.54. The molecular formula is C17H26N2O4S. The Kier molecular flexibility index (Phi) is 7.05. The van der Waals surface area contributed by atoms with Gasteiger partial charge in [0.15, 0.2) is 9.84 Å². The topological polar surface area (TPSA) is 84.5 Å². The van der Waals surface area contributed by atoms with E-state index in [4.69, 9.17) is 4.74 Å². The Morgan fingerprint density at radius 1 is 1.29 bits per heavy atom. The van der Waals surface area contributed by atoms with E-state index in [1.165, 1.54) is 24.8 Å². The molecule has 2 rings (SSSR count). The summed E-state index contributed by atoms with van der Waals surface area (Å²) in [4.78, 5) is 12.0. The first-order valence-corrected chi connectivity index (χ1v) is 10.3. The lowest BCUT2D eigenvalue weighted by molar-refractivity contribution is -0.121. The van der Waals surface area contributed by atoms with Crippen molar-refractivity contribution in [1.82, 2.24) is 10.6 Å². The van der Waals surface area contributed by atoms with Crippen LogP contribution < -0.4 is 15.4 Å². The number of sulfone groups is 1. The van der Waals surface area contributed by atoms with Crippen LogP contribution in [0, 0.1) is 0 Å². The van der Waals surface area contributed by atoms with Crippen molar-refractivity contribution in [3.63, 3.8) is 0 Å². The largest absolute Gasteiger partial charge is 0.494 e. The van der Waals surface area contributed by atoms with Gasteiger partial charge in [0.2, 0.25) is 5.91 Å². The number of carbonyl (C=O) groups excluding carboxylic acids is 1. The van der Waals surface area contributed by atoms with Crippen LogP contribution in [0.5, 0.6) is 5.75 Å². The van der Waals surface area contributed by atoms with Crippen molar-refractivity contribution in [1.29, 1.82) is 0 Å². The fraction of sp³-hybridized carbons (Fsp3) is 0.588. The Balaban J connectivity index is 1.56. The van der Waals surface area contributed by atoms with Gasteiger partial charge in [0.1, 0.15) is 5.75 Å². The lowest BCUT2D eigenvalue weighted by Crippen LogP contribution is -2.37. The Morgan fingerprint density at radius 3 is 2.67 bits per heavy atom. The summed E-state index contributed by atoms with van der Waals surface area (Å²) in [6, 6.07) is 6.80. The first kappa shape index (κ1) is 18.7. The van der Waals surface area contributed by atoms with Gasteiger partial charge in [-0.2, -0.15) is 0 Å². The van der Waals surface area contributed by atoms with E-state index < -0.39 is 9.84 Å². The van der Waals surface area contributed by atoms with Crippen molar-refractivity contribution in [2.24, 2.45) is 0 Å². The zero-order valence-electron chi connectivity index (χ0n) is 14.1. The number of rotatable bonds is 9. The fourth-order valence-electron chi connectivity index (χ4n) is 2.62. The molecule has 0 bridgehead atoms. The number of ether oxygens (including phenoxy) is 1. The minimum absolute atomic E-state index is 0.0844. The van der Waals surface area contributed by atoms with E-state index in [-0.39, 0.29) is 10.8 Å². The molecule has 1 amide bonds. The Labute approximate surface area is 143 Å². The van der Waals surface area contributed by atoms with Gasteiger partial charge < -0.3 is 15.4 Å². The number of hydrogen-bond donors (Lipinski definition) is 2. The third kappa shape index (κ3) is 6.49. The number of carbonyl (C=O) groups is 1. The summed E-state index contributed by atoms with van der Waals surface area (Å²) in [7, 11) is -3.17. The Hall–Kier alpha value is -1.60. The molecule has 1 atom stereocenters. The summed E-state index contributed by atoms with van der Waals surface area (Å²) in [5.41, 5.74) is 0. The van der Waals surface area contributed by atoms with Crippen molar-refractivity contribution >= 4 is 15.7 Å². The zero-order valence-corrected chi connectivity index (χ0v) is 14.9. The Morgan fingerprint density at radius 2 is 2.04 bits per heavy atom. The number of nitrogens with one attached hydrogen (secondary N) is 2. The highest BCUT2D eigenvalue weighted by atomic mass is 32.2. The molecule has 1 unspecified atom stereocenters. The van der Waals surface area contributed by atoms with Crippen LogP contribution in [0.15, 0.2) is 29.2 Å². The van der Waals surface area contributed by atoms with E-state index >= 15 is 0 Å². The third-order valence-corrected chi connectivity index (χ3v) is 5.16. The summed E-state index contributed by atoms with van der Waals surface area (Å²) in [6.45, 7) is 2.26. The molecule has 1 aliphatic heterocycles. The first-order chi connectivity index (χ1) is 11.4. The smallest absolute Gasteiger partial charge is 0.220 e. The molecular weight excluding hydrogens is 328 g/mol. The van der Waals surface area contributed by atoms with Crippen LogP contribution in [-0.4, -0.2) is 46.3 Å². The molecule has 0 aliphatic carbocycles. The molecule has 1 aliphatic rings. The van der Waals surface area contributed by atoms with Gasteiger partial charge in [-0.3, -0.25) is 4.79 Å². The molecule has 0 aromatic heterocycles. The van der Waals surface area contributed by atoms with E-state index in [2.05, 4.69) is 10.6 Å². The van der Waals surface area contributed by atoms with Crippen LogP contribution >= 0.6 is 0 Å². The van der Waals surface area contributed by atoms with E-state index in [1.807, 2.05) is 0 Å². The lowest BCUT2D eigenvalue weighted by atomic mass is 10.2. The summed E-state index contributed by atoms with van der Waals surface area (Å²) < 4.78 is 28.3. The maximum Gasteiger partial charge on any atom is 0.220 e. The lowest BCUT2D eigenvalue weighted by Gasteiger charge is -2.11. The fourth-order valence-corrected chi connectivity index (χ4v) is 3.25. The maximum absolute atomic E-state index is 11.7. The quantitative estimate of drug-likeness (QED) is 0.657. The van der Waals surface area contributed by atoms with Crippen molar-refractivity contribution < 1.29 is 17.9 Å². The normalized spacial score (nSPS) is 17.6. The monoisotopic (exact) mass is 354 g/mol. The number of hydrogen-bond acceptors (Lipinski definition) is 5. The second-order valence-corrected chi connectivity index (χ2v) is 8.16. The second-order valence-electron chi connectivity index (χ2n) is 6.15. The van der Waals surface area contributed by atoms with Gasteiger partial charge in [-0.25, -0.2) is 8.42 Å². The molecule has 134 valence electrons. The van der Waals surface area contributed by atoms with Gasteiger partial charge in [-0.1, -0.05) is 0 Å². The van der Waals surface area contributed by atoms with Gasteiger partial charge in [0.25, 0.3) is 0 Å². The van der Waals surface area contributed by atoms with Gasteiger partial charge in [0.05, 0.1) is 11.5 Å². The van der Waals surface area contributed by atoms with E-state index in [9.17, 15) is 13.2 Å². The van der Waals surface area contributed by atoms with Crippen molar-refractivity contribution in [3.8, 4) is 5.75 Å². The molecule has 7 heteroatoms. The predicted molar refractivity (Wildman–Crippen MR) is 92.9 cm³/mol. The van der Waals surface area contributed by atoms with Crippen LogP contribution in [0.3, 0.4) is 0 Å². The molecule has 1 aromatic rings. The number of unbranched alkanes of at least 4 members (excludes halogenated alkanes) is 1. The highest BCUT2D eigenvalue weighted by Crippen LogP contribution is 2.16. The van der Waals surface area contributed by atoms with Crippen LogP contribution in [0.4, 0.5) is 0 Å². The van der Waals surface area contributed by atoms with Crippen LogP contribution in [0.1, 0.15) is 32.1 Å². The standard InChI is InChI=1S/C17H26N2O4S/c1-24(21,22)16-9-7-15(8-10-16)23-12-3-2-6-17(20)19-13-14-5-4-11-18-14/h7-10,14,18H,2-6,11-13H2,1H3,(H,19,20). The SMILES string of the molecule is CS(=O)(=O)c1ccc(OCCCCC(=O)NCC2CCCN2)cc1. The summed E-state index contributed by atoms with van der Waals surface area (Å²) >= 11 is 0. The first-order valence-electron chi connectivity index (χ1n) is 8.38. The van der Waals surface area contributed by atoms with E-state index in [0.717, 1.165) is 25.8 Å². The van der Waals surface area contributed by atoms with Gasteiger partial charge in [-0.05, 0) is 56.5 Å². The molecule has 0 saturated carbocycles. The van der Waals surface area contributed by atoms with Crippen LogP contribution in [0.2, 0.25) is 0 Å². The minimum atomic E-state index is -3.17. The maximum atomic E-state index is 11.7. The van der Waals surface area contributed by atoms with Gasteiger partial charge >= 0.3 is 0 Å². The minimum Gasteiger partial charge on any atom is -0.494 e. The molecule has 24 heavy (non-hydrogen) atoms. The zero-order chi connectivity index (χ0) is 17.4. The molecule has 1 fully saturated rings. The average molecular weight is 354 g/mol. The van der Waals surface area contributed by atoms with Gasteiger partial charge in [-0.15, -0.1) is 0 Å². The number of benzene rings is 1. The number of amides is 1. The van der Waals surface area contributed by atoms with Crippen molar-refractivity contribution in [2.75, 3.05) is 26.0 Å². The molecule has 1 heterocycles. The molecule has 0 spiro atoms. The summed E-state index contributed by atoms with van der Waals surface area (Å²) in [5, 5.41) is 6.30. The summed E-state index contributed by atoms with van der Waals surface area (Å²) in [5.74, 6) is 0.723. The van der Waals surface area contributed by atoms with Gasteiger partial charge in [0, 0.05) is 25.3 Å². The van der Waals surface area contributed by atoms with Crippen molar-refractivity contribution in [2.45, 2.75) is 43.0 Å². The molecule has 1 aromatic carbocycles. The van der Waals surface area contributed by atoms with Crippen LogP contribution in [0.25, 0.3) is 0 Å².